The molecular formula is C25H19N. The number of aromatic amines is 1. The van der Waals surface area contributed by atoms with Gasteiger partial charge in [0.2, 0.25) is 0 Å². The van der Waals surface area contributed by atoms with Gasteiger partial charge in [-0.15, -0.1) is 0 Å². The zero-order valence-electron chi connectivity index (χ0n) is 14.9. The average Bonchev–Trinajstić information content (AvgIpc) is 3.14. The highest BCUT2D eigenvalue weighted by Crippen LogP contribution is 2.50. The van der Waals surface area contributed by atoms with Crippen molar-refractivity contribution in [2.24, 2.45) is 0 Å². The minimum atomic E-state index is 0.0411. The molecule has 0 saturated carbocycles. The Morgan fingerprint density at radius 3 is 2.38 bits per heavy atom. The Hall–Kier alpha value is -3.06. The minimum Gasteiger partial charge on any atom is -0.354 e. The van der Waals surface area contributed by atoms with Gasteiger partial charge in [0.1, 0.15) is 0 Å². The van der Waals surface area contributed by atoms with E-state index in [2.05, 4.69) is 91.6 Å². The van der Waals surface area contributed by atoms with Gasteiger partial charge in [0.05, 0.1) is 0 Å². The second-order valence-electron chi connectivity index (χ2n) is 7.95. The molecule has 1 aliphatic rings. The first-order chi connectivity index (χ1) is 12.6. The minimum absolute atomic E-state index is 0.0411. The molecule has 1 heterocycles. The normalized spacial score (nSPS) is 14.8. The molecule has 0 aliphatic heterocycles. The maximum atomic E-state index is 3.66. The van der Waals surface area contributed by atoms with E-state index in [0.29, 0.717) is 0 Å². The summed E-state index contributed by atoms with van der Waals surface area (Å²) in [6, 6.07) is 26.7. The molecule has 0 radical (unpaired) electrons. The van der Waals surface area contributed by atoms with Crippen molar-refractivity contribution >= 4 is 32.6 Å². The Kier molecular flexibility index (Phi) is 2.48. The fraction of sp³-hybridized carbons (Fsp3) is 0.120. The van der Waals surface area contributed by atoms with E-state index in [0.717, 1.165) is 0 Å². The summed E-state index contributed by atoms with van der Waals surface area (Å²) in [6.45, 7) is 4.67. The zero-order chi connectivity index (χ0) is 17.5. The molecule has 0 saturated heterocycles. The van der Waals surface area contributed by atoms with Gasteiger partial charge in [0.15, 0.2) is 0 Å². The van der Waals surface area contributed by atoms with Crippen LogP contribution in [0.25, 0.3) is 43.7 Å². The van der Waals surface area contributed by atoms with Crippen molar-refractivity contribution in [1.29, 1.82) is 0 Å². The Balaban J connectivity index is 1.81. The monoisotopic (exact) mass is 333 g/mol. The van der Waals surface area contributed by atoms with Gasteiger partial charge in [-0.05, 0) is 51.2 Å². The van der Waals surface area contributed by atoms with Crippen molar-refractivity contribution in [2.45, 2.75) is 19.3 Å². The molecule has 1 nitrogen and oxygen atoms in total. The van der Waals surface area contributed by atoms with E-state index in [1.165, 1.54) is 54.8 Å². The third-order valence-electron chi connectivity index (χ3n) is 6.19. The lowest BCUT2D eigenvalue weighted by molar-refractivity contribution is 0.661. The number of aromatic nitrogens is 1. The summed E-state index contributed by atoms with van der Waals surface area (Å²) in [5.41, 5.74) is 8.10. The van der Waals surface area contributed by atoms with E-state index in [1.54, 1.807) is 0 Å². The average molecular weight is 333 g/mol. The van der Waals surface area contributed by atoms with Crippen LogP contribution in [0.15, 0.2) is 72.8 Å². The SMILES string of the molecule is CC1(C)c2ccccc2-c2cc3c(cc21)[nH]c1ccc2ccccc2c13. The third kappa shape index (κ3) is 1.61. The summed E-state index contributed by atoms with van der Waals surface area (Å²) < 4.78 is 0. The second kappa shape index (κ2) is 4.56. The topological polar surface area (TPSA) is 15.8 Å². The van der Waals surface area contributed by atoms with E-state index in [1.807, 2.05) is 0 Å². The van der Waals surface area contributed by atoms with Crippen molar-refractivity contribution in [1.82, 2.24) is 4.98 Å². The van der Waals surface area contributed by atoms with Gasteiger partial charge >= 0.3 is 0 Å². The summed E-state index contributed by atoms with van der Waals surface area (Å²) >= 11 is 0. The van der Waals surface area contributed by atoms with Crippen molar-refractivity contribution < 1.29 is 0 Å². The highest BCUT2D eigenvalue weighted by Gasteiger charge is 2.35. The molecule has 1 aromatic heterocycles. The predicted octanol–water partition coefficient (Wildman–Crippen LogP) is 6.78. The van der Waals surface area contributed by atoms with Crippen LogP contribution in [0.5, 0.6) is 0 Å². The van der Waals surface area contributed by atoms with Crippen LogP contribution in [0, 0.1) is 0 Å². The summed E-state index contributed by atoms with van der Waals surface area (Å²) in [7, 11) is 0. The van der Waals surface area contributed by atoms with Gasteiger partial charge in [0, 0.05) is 27.2 Å². The number of hydrogen-bond acceptors (Lipinski definition) is 0. The van der Waals surface area contributed by atoms with E-state index in [4.69, 9.17) is 0 Å². The van der Waals surface area contributed by atoms with Gasteiger partial charge in [0.25, 0.3) is 0 Å². The van der Waals surface area contributed by atoms with Crippen LogP contribution in [0.2, 0.25) is 0 Å². The molecule has 0 fully saturated rings. The van der Waals surface area contributed by atoms with Crippen LogP contribution in [0.4, 0.5) is 0 Å². The number of fused-ring (bicyclic) bond motifs is 8. The van der Waals surface area contributed by atoms with Gasteiger partial charge in [-0.3, -0.25) is 0 Å². The lowest BCUT2D eigenvalue weighted by Gasteiger charge is -2.21. The standard InChI is InChI=1S/C25H19N/c1-25(2)20-10-6-5-9-17(20)18-13-19-23(14-21(18)25)26-22-12-11-15-7-3-4-8-16(15)24(19)22/h3-14,26H,1-2H3. The van der Waals surface area contributed by atoms with Crippen molar-refractivity contribution in [3.63, 3.8) is 0 Å². The van der Waals surface area contributed by atoms with Gasteiger partial charge < -0.3 is 4.98 Å². The first-order valence-corrected chi connectivity index (χ1v) is 9.22. The fourth-order valence-corrected chi connectivity index (χ4v) is 4.87. The molecule has 0 unspecified atom stereocenters. The number of hydrogen-bond donors (Lipinski definition) is 1. The highest BCUT2D eigenvalue weighted by atomic mass is 14.7. The molecule has 0 bridgehead atoms. The Labute approximate surface area is 152 Å². The smallest absolute Gasteiger partial charge is 0.0471 e. The molecule has 1 N–H and O–H groups in total. The number of H-pyrrole nitrogens is 1. The second-order valence-corrected chi connectivity index (χ2v) is 7.95. The van der Waals surface area contributed by atoms with Crippen molar-refractivity contribution in [2.75, 3.05) is 0 Å². The van der Waals surface area contributed by atoms with Crippen LogP contribution < -0.4 is 0 Å². The Morgan fingerprint density at radius 2 is 1.46 bits per heavy atom. The van der Waals surface area contributed by atoms with E-state index >= 15 is 0 Å². The van der Waals surface area contributed by atoms with Crippen LogP contribution in [0.3, 0.4) is 0 Å². The van der Waals surface area contributed by atoms with Crippen molar-refractivity contribution in [3.8, 4) is 11.1 Å². The van der Waals surface area contributed by atoms with Crippen LogP contribution in [-0.2, 0) is 5.41 Å². The van der Waals surface area contributed by atoms with Gasteiger partial charge in [-0.25, -0.2) is 0 Å². The molecule has 4 aromatic carbocycles. The van der Waals surface area contributed by atoms with Crippen LogP contribution >= 0.6 is 0 Å². The zero-order valence-corrected chi connectivity index (χ0v) is 14.9. The van der Waals surface area contributed by atoms with E-state index in [9.17, 15) is 0 Å². The molecule has 0 spiro atoms. The summed E-state index contributed by atoms with van der Waals surface area (Å²) in [5.74, 6) is 0. The molecule has 0 amide bonds. The number of benzene rings is 4. The van der Waals surface area contributed by atoms with E-state index < -0.39 is 0 Å². The Morgan fingerprint density at radius 1 is 0.654 bits per heavy atom. The van der Waals surface area contributed by atoms with Crippen LogP contribution in [0.1, 0.15) is 25.0 Å². The molecule has 0 atom stereocenters. The van der Waals surface area contributed by atoms with Gasteiger partial charge in [-0.2, -0.15) is 0 Å². The van der Waals surface area contributed by atoms with Crippen LogP contribution in [-0.4, -0.2) is 4.98 Å². The quantitative estimate of drug-likeness (QED) is 0.321. The van der Waals surface area contributed by atoms with Gasteiger partial charge in [-0.1, -0.05) is 68.4 Å². The highest BCUT2D eigenvalue weighted by molar-refractivity contribution is 6.21. The molecule has 124 valence electrons. The lowest BCUT2D eigenvalue weighted by atomic mass is 9.82. The molecule has 26 heavy (non-hydrogen) atoms. The summed E-state index contributed by atoms with van der Waals surface area (Å²) in [4.78, 5) is 3.66. The molecular weight excluding hydrogens is 314 g/mol. The molecule has 6 rings (SSSR count). The first-order valence-electron chi connectivity index (χ1n) is 9.22. The Bertz CT molecular complexity index is 1350. The summed E-state index contributed by atoms with van der Waals surface area (Å²) in [6.07, 6.45) is 0. The fourth-order valence-electron chi connectivity index (χ4n) is 4.87. The maximum Gasteiger partial charge on any atom is 0.0471 e. The summed E-state index contributed by atoms with van der Waals surface area (Å²) in [5, 5.41) is 5.27. The van der Waals surface area contributed by atoms with E-state index in [-0.39, 0.29) is 5.41 Å². The van der Waals surface area contributed by atoms with Crippen molar-refractivity contribution in [3.05, 3.63) is 83.9 Å². The maximum absolute atomic E-state index is 3.66. The largest absolute Gasteiger partial charge is 0.354 e. The third-order valence-corrected chi connectivity index (χ3v) is 6.19. The number of nitrogens with one attached hydrogen (secondary N) is 1. The molecule has 5 aromatic rings. The lowest BCUT2D eigenvalue weighted by Crippen LogP contribution is -2.14. The first kappa shape index (κ1) is 14.1. The molecule has 1 aliphatic carbocycles. The number of rotatable bonds is 0. The predicted molar refractivity (Wildman–Crippen MR) is 111 cm³/mol. The molecule has 1 heteroatoms.